The van der Waals surface area contributed by atoms with Gasteiger partial charge in [-0.25, -0.2) is 0 Å². The fourth-order valence-electron chi connectivity index (χ4n) is 2.32. The lowest BCUT2D eigenvalue weighted by molar-refractivity contribution is -0.138. The molecule has 1 rings (SSSR count). The third-order valence-electron chi connectivity index (χ3n) is 3.51. The largest absolute Gasteiger partial charge is 0.481 e. The Bertz CT molecular complexity index is 253. The summed E-state index contributed by atoms with van der Waals surface area (Å²) in [5.41, 5.74) is 0.1000. The Balaban J connectivity index is 2.38. The molecule has 4 heteroatoms. The highest BCUT2D eigenvalue weighted by molar-refractivity contribution is 5.67. The molecule has 0 spiro atoms. The minimum atomic E-state index is -0.751. The van der Waals surface area contributed by atoms with E-state index in [9.17, 15) is 4.79 Å². The van der Waals surface area contributed by atoms with Gasteiger partial charge in [-0.05, 0) is 20.3 Å². The Morgan fingerprint density at radius 1 is 1.62 bits per heavy atom. The average molecular weight is 229 g/mol. The number of aliphatic carboxylic acids is 1. The van der Waals surface area contributed by atoms with Crippen LogP contribution in [-0.4, -0.2) is 35.9 Å². The Morgan fingerprint density at radius 3 is 2.69 bits per heavy atom. The minimum Gasteiger partial charge on any atom is -0.481 e. The highest BCUT2D eigenvalue weighted by Gasteiger charge is 2.48. The second-order valence-corrected chi connectivity index (χ2v) is 5.22. The second-order valence-electron chi connectivity index (χ2n) is 5.22. The third kappa shape index (κ3) is 2.95. The van der Waals surface area contributed by atoms with Crippen molar-refractivity contribution in [3.8, 4) is 0 Å². The van der Waals surface area contributed by atoms with Gasteiger partial charge in [-0.3, -0.25) is 4.79 Å². The van der Waals surface area contributed by atoms with Crippen LogP contribution in [0.3, 0.4) is 0 Å². The molecule has 0 aromatic rings. The first-order valence-corrected chi connectivity index (χ1v) is 5.97. The van der Waals surface area contributed by atoms with Crippen molar-refractivity contribution in [3.05, 3.63) is 0 Å². The van der Waals surface area contributed by atoms with Gasteiger partial charge in [-0.1, -0.05) is 13.8 Å². The highest BCUT2D eigenvalue weighted by Crippen LogP contribution is 2.42. The van der Waals surface area contributed by atoms with Crippen LogP contribution in [-0.2, 0) is 9.53 Å². The van der Waals surface area contributed by atoms with Crippen molar-refractivity contribution in [2.24, 2.45) is 5.41 Å². The molecule has 16 heavy (non-hydrogen) atoms. The Labute approximate surface area is 97.4 Å². The van der Waals surface area contributed by atoms with E-state index in [1.165, 1.54) is 0 Å². The molecular formula is C12H23NO3. The molecule has 0 saturated heterocycles. The van der Waals surface area contributed by atoms with Crippen molar-refractivity contribution in [2.75, 3.05) is 6.61 Å². The lowest BCUT2D eigenvalue weighted by atomic mass is 9.64. The summed E-state index contributed by atoms with van der Waals surface area (Å²) in [6.07, 6.45) is 1.45. The van der Waals surface area contributed by atoms with E-state index in [0.29, 0.717) is 12.1 Å². The van der Waals surface area contributed by atoms with Crippen LogP contribution >= 0.6 is 0 Å². The highest BCUT2D eigenvalue weighted by atomic mass is 16.5. The van der Waals surface area contributed by atoms with E-state index in [-0.39, 0.29) is 17.9 Å². The summed E-state index contributed by atoms with van der Waals surface area (Å²) in [7, 11) is 0. The van der Waals surface area contributed by atoms with E-state index < -0.39 is 5.97 Å². The molecule has 1 fully saturated rings. The normalized spacial score (nSPS) is 29.5. The van der Waals surface area contributed by atoms with Gasteiger partial charge in [0.05, 0.1) is 12.5 Å². The van der Waals surface area contributed by atoms with Gasteiger partial charge in [-0.2, -0.15) is 0 Å². The van der Waals surface area contributed by atoms with Crippen molar-refractivity contribution in [3.63, 3.8) is 0 Å². The molecule has 1 aliphatic carbocycles. The van der Waals surface area contributed by atoms with Crippen LogP contribution in [0.25, 0.3) is 0 Å². The van der Waals surface area contributed by atoms with Gasteiger partial charge >= 0.3 is 5.97 Å². The maximum Gasteiger partial charge on any atom is 0.304 e. The van der Waals surface area contributed by atoms with Gasteiger partial charge in [0.2, 0.25) is 0 Å². The van der Waals surface area contributed by atoms with E-state index in [1.807, 2.05) is 13.8 Å². The van der Waals surface area contributed by atoms with E-state index in [4.69, 9.17) is 9.84 Å². The summed E-state index contributed by atoms with van der Waals surface area (Å²) < 4.78 is 5.63. The first kappa shape index (κ1) is 13.5. The van der Waals surface area contributed by atoms with Crippen molar-refractivity contribution in [1.82, 2.24) is 5.32 Å². The van der Waals surface area contributed by atoms with Crippen molar-refractivity contribution in [2.45, 2.75) is 58.7 Å². The van der Waals surface area contributed by atoms with Gasteiger partial charge in [0.15, 0.2) is 0 Å². The maximum absolute atomic E-state index is 10.6. The summed E-state index contributed by atoms with van der Waals surface area (Å²) in [4.78, 5) is 10.6. The van der Waals surface area contributed by atoms with Crippen LogP contribution in [0.1, 0.15) is 40.5 Å². The topological polar surface area (TPSA) is 58.6 Å². The quantitative estimate of drug-likeness (QED) is 0.727. The van der Waals surface area contributed by atoms with Crippen molar-refractivity contribution < 1.29 is 14.6 Å². The number of nitrogens with one attached hydrogen (secondary N) is 1. The molecule has 0 aromatic carbocycles. The Hall–Kier alpha value is -0.610. The summed E-state index contributed by atoms with van der Waals surface area (Å²) in [5.74, 6) is -0.751. The summed E-state index contributed by atoms with van der Waals surface area (Å²) in [6, 6.07) is 0.378. The number of carboxylic acids is 1. The molecule has 4 nitrogen and oxygen atoms in total. The van der Waals surface area contributed by atoms with Gasteiger partial charge in [0.25, 0.3) is 0 Å². The first-order valence-electron chi connectivity index (χ1n) is 5.97. The van der Waals surface area contributed by atoms with E-state index >= 15 is 0 Å². The van der Waals surface area contributed by atoms with Crippen LogP contribution in [0.2, 0.25) is 0 Å². The molecule has 94 valence electrons. The van der Waals surface area contributed by atoms with E-state index in [1.54, 1.807) is 0 Å². The van der Waals surface area contributed by atoms with Crippen LogP contribution in [0.4, 0.5) is 0 Å². The molecule has 0 aromatic heterocycles. The van der Waals surface area contributed by atoms with E-state index in [2.05, 4.69) is 19.2 Å². The summed E-state index contributed by atoms with van der Waals surface area (Å²) >= 11 is 0. The summed E-state index contributed by atoms with van der Waals surface area (Å²) in [5, 5.41) is 12.1. The van der Waals surface area contributed by atoms with Crippen molar-refractivity contribution >= 4 is 5.97 Å². The smallest absolute Gasteiger partial charge is 0.304 e. The molecule has 2 N–H and O–H groups in total. The van der Waals surface area contributed by atoms with Crippen LogP contribution in [0.5, 0.6) is 0 Å². The molecule has 3 unspecified atom stereocenters. The minimum absolute atomic E-state index is 0.0179. The fraction of sp³-hybridized carbons (Fsp3) is 0.917. The van der Waals surface area contributed by atoms with Crippen LogP contribution in [0, 0.1) is 5.41 Å². The Morgan fingerprint density at radius 2 is 2.25 bits per heavy atom. The lowest BCUT2D eigenvalue weighted by Gasteiger charge is -2.52. The van der Waals surface area contributed by atoms with Gasteiger partial charge in [0, 0.05) is 24.1 Å². The predicted molar refractivity (Wildman–Crippen MR) is 62.5 cm³/mol. The first-order chi connectivity index (χ1) is 7.37. The number of carbonyl (C=O) groups is 1. The SMILES string of the molecule is CCOC1CC(NC(C)CC(=O)O)C1(C)C. The zero-order valence-corrected chi connectivity index (χ0v) is 10.6. The molecule has 0 heterocycles. The predicted octanol–water partition coefficient (Wildman–Crippen LogP) is 1.64. The number of hydrogen-bond donors (Lipinski definition) is 2. The van der Waals surface area contributed by atoms with Crippen LogP contribution < -0.4 is 5.32 Å². The van der Waals surface area contributed by atoms with Gasteiger partial charge in [0.1, 0.15) is 0 Å². The molecular weight excluding hydrogens is 206 g/mol. The molecule has 0 bridgehead atoms. The monoisotopic (exact) mass is 229 g/mol. The Kier molecular flexibility index (Phi) is 4.33. The summed E-state index contributed by atoms with van der Waals surface area (Å²) in [6.45, 7) is 9.00. The molecule has 0 radical (unpaired) electrons. The number of hydrogen-bond acceptors (Lipinski definition) is 3. The fourth-order valence-corrected chi connectivity index (χ4v) is 2.32. The molecule has 0 amide bonds. The molecule has 0 aliphatic heterocycles. The number of rotatable bonds is 6. The molecule has 3 atom stereocenters. The van der Waals surface area contributed by atoms with Gasteiger partial charge < -0.3 is 15.2 Å². The second kappa shape index (κ2) is 5.15. The lowest BCUT2D eigenvalue weighted by Crippen LogP contribution is -2.62. The van der Waals surface area contributed by atoms with Crippen LogP contribution in [0.15, 0.2) is 0 Å². The van der Waals surface area contributed by atoms with Gasteiger partial charge in [-0.15, -0.1) is 0 Å². The standard InChI is InChI=1S/C12H23NO3/c1-5-16-10-7-9(12(10,3)4)13-8(2)6-11(14)15/h8-10,13H,5-7H2,1-4H3,(H,14,15). The maximum atomic E-state index is 10.6. The molecule has 1 aliphatic rings. The third-order valence-corrected chi connectivity index (χ3v) is 3.51. The molecule has 1 saturated carbocycles. The van der Waals surface area contributed by atoms with Crippen molar-refractivity contribution in [1.29, 1.82) is 0 Å². The van der Waals surface area contributed by atoms with E-state index in [0.717, 1.165) is 13.0 Å². The average Bonchev–Trinajstić information content (AvgIpc) is 2.15. The zero-order valence-electron chi connectivity index (χ0n) is 10.6. The zero-order chi connectivity index (χ0) is 12.3. The number of ether oxygens (including phenoxy) is 1. The number of carboxylic acid groups (broad SMARTS) is 1.